The van der Waals surface area contributed by atoms with Gasteiger partial charge in [0.2, 0.25) is 0 Å². The molecular formula is C5H5F7O3S. The summed E-state index contributed by atoms with van der Waals surface area (Å²) < 4.78 is 108. The molecule has 0 aliphatic carbocycles. The molecular weight excluding hydrogens is 273 g/mol. The highest BCUT2D eigenvalue weighted by atomic mass is 32.2. The van der Waals surface area contributed by atoms with Gasteiger partial charge in [-0.15, -0.1) is 0 Å². The molecule has 0 heterocycles. The van der Waals surface area contributed by atoms with Crippen LogP contribution in [-0.2, 0) is 14.3 Å². The summed E-state index contributed by atoms with van der Waals surface area (Å²) in [4.78, 5) is 0. The molecule has 0 saturated heterocycles. The third-order valence-electron chi connectivity index (χ3n) is 1.31. The van der Waals surface area contributed by atoms with Gasteiger partial charge in [-0.05, 0) is 6.92 Å². The van der Waals surface area contributed by atoms with Crippen molar-refractivity contribution in [3.63, 3.8) is 0 Å². The fourth-order valence-corrected chi connectivity index (χ4v) is 1.44. The summed E-state index contributed by atoms with van der Waals surface area (Å²) in [6, 6.07) is 0. The topological polar surface area (TPSA) is 43.4 Å². The zero-order valence-electron chi connectivity index (χ0n) is 7.49. The molecule has 0 bridgehead atoms. The highest BCUT2D eigenvalue weighted by Gasteiger charge is 2.79. The van der Waals surface area contributed by atoms with E-state index in [1.807, 2.05) is 0 Å². The summed E-state index contributed by atoms with van der Waals surface area (Å²) in [6.45, 7) is -0.161. The zero-order chi connectivity index (χ0) is 13.4. The van der Waals surface area contributed by atoms with Gasteiger partial charge in [-0.2, -0.15) is 39.2 Å². The quantitative estimate of drug-likeness (QED) is 0.584. The van der Waals surface area contributed by atoms with Crippen molar-refractivity contribution in [3.05, 3.63) is 0 Å². The van der Waals surface area contributed by atoms with Gasteiger partial charge in [0, 0.05) is 0 Å². The SMILES string of the molecule is CCOS(=O)(=O)C(F)(F)C(F)(F)C(F)(F)F. The van der Waals surface area contributed by atoms with Gasteiger partial charge in [-0.25, -0.2) is 0 Å². The third kappa shape index (κ3) is 2.24. The van der Waals surface area contributed by atoms with Gasteiger partial charge in [0.15, 0.2) is 0 Å². The molecule has 0 rings (SSSR count). The first-order chi connectivity index (χ1) is 6.81. The normalized spacial score (nSPS) is 15.2. The van der Waals surface area contributed by atoms with Crippen LogP contribution in [0.5, 0.6) is 0 Å². The van der Waals surface area contributed by atoms with Crippen molar-refractivity contribution < 1.29 is 43.3 Å². The summed E-state index contributed by atoms with van der Waals surface area (Å²) >= 11 is 0. The van der Waals surface area contributed by atoms with E-state index in [-0.39, 0.29) is 0 Å². The number of hydrogen-bond donors (Lipinski definition) is 0. The van der Waals surface area contributed by atoms with Crippen molar-refractivity contribution >= 4 is 10.1 Å². The van der Waals surface area contributed by atoms with Crippen molar-refractivity contribution in [2.75, 3.05) is 6.61 Å². The lowest BCUT2D eigenvalue weighted by Crippen LogP contribution is -2.56. The Hall–Kier alpha value is -0.580. The Morgan fingerprint density at radius 2 is 1.38 bits per heavy atom. The summed E-state index contributed by atoms with van der Waals surface area (Å²) in [5, 5.41) is -6.38. The average molecular weight is 278 g/mol. The molecule has 0 aromatic rings. The fraction of sp³-hybridized carbons (Fsp3) is 1.00. The van der Waals surface area contributed by atoms with Crippen molar-refractivity contribution in [2.24, 2.45) is 0 Å². The summed E-state index contributed by atoms with van der Waals surface area (Å²) in [7, 11) is -6.35. The fourth-order valence-electron chi connectivity index (χ4n) is 0.551. The van der Waals surface area contributed by atoms with Gasteiger partial charge >= 0.3 is 27.5 Å². The zero-order valence-corrected chi connectivity index (χ0v) is 8.30. The lowest BCUT2D eigenvalue weighted by atomic mass is 10.3. The maximum absolute atomic E-state index is 12.5. The Kier molecular flexibility index (Phi) is 3.87. The van der Waals surface area contributed by atoms with E-state index in [1.54, 1.807) is 0 Å². The monoisotopic (exact) mass is 278 g/mol. The largest absolute Gasteiger partial charge is 0.461 e. The number of hydrogen-bond acceptors (Lipinski definition) is 3. The highest BCUT2D eigenvalue weighted by molar-refractivity contribution is 7.87. The average Bonchev–Trinajstić information content (AvgIpc) is 2.01. The molecule has 98 valence electrons. The minimum Gasteiger partial charge on any atom is -0.266 e. The lowest BCUT2D eigenvalue weighted by molar-refractivity contribution is -0.333. The Morgan fingerprint density at radius 3 is 1.62 bits per heavy atom. The van der Waals surface area contributed by atoms with Crippen molar-refractivity contribution in [2.45, 2.75) is 24.3 Å². The Balaban J connectivity index is 5.54. The van der Waals surface area contributed by atoms with Crippen molar-refractivity contribution in [1.29, 1.82) is 0 Å². The molecule has 0 aliphatic heterocycles. The van der Waals surface area contributed by atoms with Crippen LogP contribution in [0.4, 0.5) is 30.7 Å². The van der Waals surface area contributed by atoms with Crippen LogP contribution in [0, 0.1) is 0 Å². The van der Waals surface area contributed by atoms with Crippen LogP contribution in [0.15, 0.2) is 0 Å². The van der Waals surface area contributed by atoms with Gasteiger partial charge < -0.3 is 0 Å². The van der Waals surface area contributed by atoms with Gasteiger partial charge in [0.05, 0.1) is 6.61 Å². The van der Waals surface area contributed by atoms with Crippen LogP contribution in [0.1, 0.15) is 6.92 Å². The summed E-state index contributed by atoms with van der Waals surface area (Å²) in [6.07, 6.45) is -6.71. The van der Waals surface area contributed by atoms with Gasteiger partial charge in [0.25, 0.3) is 0 Å². The molecule has 0 unspecified atom stereocenters. The molecule has 0 aromatic heterocycles. The van der Waals surface area contributed by atoms with E-state index >= 15 is 0 Å². The molecule has 0 saturated carbocycles. The molecule has 0 radical (unpaired) electrons. The molecule has 0 N–H and O–H groups in total. The first-order valence-corrected chi connectivity index (χ1v) is 4.93. The molecule has 16 heavy (non-hydrogen) atoms. The minimum absolute atomic E-state index is 0.833. The lowest BCUT2D eigenvalue weighted by Gasteiger charge is -2.26. The van der Waals surface area contributed by atoms with Gasteiger partial charge in [0.1, 0.15) is 0 Å². The van der Waals surface area contributed by atoms with Crippen LogP contribution in [0.25, 0.3) is 0 Å². The first-order valence-electron chi connectivity index (χ1n) is 3.52. The molecule has 11 heteroatoms. The van der Waals surface area contributed by atoms with E-state index in [4.69, 9.17) is 0 Å². The smallest absolute Gasteiger partial charge is 0.266 e. The van der Waals surface area contributed by atoms with E-state index in [1.165, 1.54) is 0 Å². The second-order valence-electron chi connectivity index (χ2n) is 2.45. The van der Waals surface area contributed by atoms with E-state index in [9.17, 15) is 39.2 Å². The summed E-state index contributed by atoms with van der Waals surface area (Å²) in [5.74, 6) is -6.73. The molecule has 0 amide bonds. The minimum atomic E-state index is -6.73. The Labute approximate surface area is 85.3 Å². The first kappa shape index (κ1) is 15.4. The van der Waals surface area contributed by atoms with E-state index in [2.05, 4.69) is 4.18 Å². The molecule has 3 nitrogen and oxygen atoms in total. The maximum Gasteiger partial charge on any atom is 0.461 e. The van der Waals surface area contributed by atoms with Gasteiger partial charge in [-0.1, -0.05) is 0 Å². The predicted molar refractivity (Wildman–Crippen MR) is 36.5 cm³/mol. The number of alkyl halides is 7. The van der Waals surface area contributed by atoms with E-state index in [0.29, 0.717) is 0 Å². The van der Waals surface area contributed by atoms with Crippen LogP contribution in [-0.4, -0.2) is 32.4 Å². The van der Waals surface area contributed by atoms with Crippen LogP contribution in [0.3, 0.4) is 0 Å². The molecule has 0 atom stereocenters. The van der Waals surface area contributed by atoms with Crippen LogP contribution >= 0.6 is 0 Å². The van der Waals surface area contributed by atoms with Crippen LogP contribution < -0.4 is 0 Å². The Morgan fingerprint density at radius 1 is 1.00 bits per heavy atom. The number of rotatable bonds is 4. The second-order valence-corrected chi connectivity index (χ2v) is 4.11. The second kappa shape index (κ2) is 4.02. The van der Waals surface area contributed by atoms with E-state index < -0.39 is 34.1 Å². The standard InChI is InChI=1S/C5H5F7O3S/c1-2-15-16(13,14)5(11,12)3(6,7)4(8,9)10/h2H2,1H3. The van der Waals surface area contributed by atoms with Crippen molar-refractivity contribution in [1.82, 2.24) is 0 Å². The molecule has 0 spiro atoms. The Bertz CT molecular complexity index is 344. The van der Waals surface area contributed by atoms with Crippen LogP contribution in [0.2, 0.25) is 0 Å². The molecule has 0 aliphatic rings. The molecule has 0 fully saturated rings. The van der Waals surface area contributed by atoms with E-state index in [0.717, 1.165) is 6.92 Å². The highest BCUT2D eigenvalue weighted by Crippen LogP contribution is 2.49. The van der Waals surface area contributed by atoms with Gasteiger partial charge in [-0.3, -0.25) is 4.18 Å². The van der Waals surface area contributed by atoms with Crippen molar-refractivity contribution in [3.8, 4) is 0 Å². The summed E-state index contributed by atoms with van der Waals surface area (Å²) in [5.41, 5.74) is 0. The third-order valence-corrected chi connectivity index (χ3v) is 2.74. The predicted octanol–water partition coefficient (Wildman–Crippen LogP) is 2.14. The maximum atomic E-state index is 12.5. The number of halogens is 7. The molecule has 0 aromatic carbocycles.